The Balaban J connectivity index is 2.38. The molecule has 0 fully saturated rings. The molecule has 0 radical (unpaired) electrons. The number of hydrogen-bond acceptors (Lipinski definition) is 3. The second-order valence-electron chi connectivity index (χ2n) is 5.76. The van der Waals surface area contributed by atoms with Gasteiger partial charge in [0.25, 0.3) is 0 Å². The van der Waals surface area contributed by atoms with Crippen molar-refractivity contribution in [3.63, 3.8) is 0 Å². The van der Waals surface area contributed by atoms with E-state index in [0.29, 0.717) is 11.2 Å². The molecule has 128 valence electrons. The van der Waals surface area contributed by atoms with Crippen LogP contribution in [0.2, 0.25) is 0 Å². The molecule has 0 saturated carbocycles. The van der Waals surface area contributed by atoms with Crippen molar-refractivity contribution in [2.75, 3.05) is 7.11 Å². The second-order valence-corrected chi connectivity index (χ2v) is 14.5. The van der Waals surface area contributed by atoms with E-state index in [1.54, 1.807) is 50.4 Å². The number of benzene rings is 2. The van der Waals surface area contributed by atoms with Crippen molar-refractivity contribution in [2.24, 2.45) is 0 Å². The summed E-state index contributed by atoms with van der Waals surface area (Å²) in [5, 5.41) is 0.851. The molecule has 0 aliphatic heterocycles. The Morgan fingerprint density at radius 3 is 2.32 bits per heavy atom. The zero-order valence-corrected chi connectivity index (χ0v) is 22.7. The molecule has 0 aliphatic rings. The van der Waals surface area contributed by atoms with Crippen molar-refractivity contribution in [1.82, 2.24) is 3.97 Å². The first kappa shape index (κ1) is 19.2. The van der Waals surface area contributed by atoms with Crippen LogP contribution in [0.15, 0.2) is 45.8 Å². The molecule has 25 heavy (non-hydrogen) atoms. The van der Waals surface area contributed by atoms with E-state index in [1.165, 1.54) is 3.97 Å². The van der Waals surface area contributed by atoms with Crippen molar-refractivity contribution in [2.45, 2.75) is 18.7 Å². The van der Waals surface area contributed by atoms with Crippen LogP contribution in [-0.2, 0) is 33.4 Å². The normalized spacial score (nSPS) is 11.6. The third kappa shape index (κ3) is 3.15. The third-order valence-corrected chi connectivity index (χ3v) is 13.1. The van der Waals surface area contributed by atoms with Gasteiger partial charge in [0.2, 0.25) is 0 Å². The van der Waals surface area contributed by atoms with E-state index in [9.17, 15) is 8.42 Å². The maximum absolute atomic E-state index is 13.2. The van der Waals surface area contributed by atoms with Crippen LogP contribution in [0.4, 0.5) is 0 Å². The SMILES string of the molecule is COc1ccc2c(c(Br)c(C)n2S(=O)(=O)c2ccc(C)cc2)[c]1[Hg][Cl]. The van der Waals surface area contributed by atoms with Gasteiger partial charge in [0, 0.05) is 0 Å². The number of fused-ring (bicyclic) bond motifs is 1. The van der Waals surface area contributed by atoms with E-state index in [1.807, 2.05) is 6.92 Å². The van der Waals surface area contributed by atoms with Crippen LogP contribution >= 0.6 is 24.2 Å². The standard InChI is InChI=1S/C17H15BrNO3S.ClH.Hg/c1-11-4-7-14(8-5-11)23(20,21)19-12(2)17(18)15-10-13(22-3)6-9-16(15)19;;/h4-9H,1-3H3;1H;/q;;+1/p-1. The van der Waals surface area contributed by atoms with Gasteiger partial charge in [0.1, 0.15) is 0 Å². The molecule has 4 nitrogen and oxygen atoms in total. The molecule has 2 aromatic carbocycles. The van der Waals surface area contributed by atoms with Crippen LogP contribution in [0.1, 0.15) is 11.3 Å². The Morgan fingerprint density at radius 2 is 1.76 bits per heavy atom. The fraction of sp³-hybridized carbons (Fsp3) is 0.176. The zero-order valence-electron chi connectivity index (χ0n) is 14.0. The molecule has 1 aromatic heterocycles. The molecule has 0 unspecified atom stereocenters. The molecular formula is C17H15BrClHgNO3S. The van der Waals surface area contributed by atoms with Gasteiger partial charge in [0.05, 0.1) is 0 Å². The van der Waals surface area contributed by atoms with Gasteiger partial charge in [-0.05, 0) is 0 Å². The minimum atomic E-state index is -3.71. The number of nitrogens with zero attached hydrogens (tertiary/aromatic N) is 1. The van der Waals surface area contributed by atoms with E-state index < -0.39 is 33.4 Å². The Kier molecular flexibility index (Phi) is 5.54. The average Bonchev–Trinajstić information content (AvgIpc) is 2.86. The van der Waals surface area contributed by atoms with Gasteiger partial charge in [0.15, 0.2) is 0 Å². The van der Waals surface area contributed by atoms with Gasteiger partial charge in [-0.1, -0.05) is 0 Å². The van der Waals surface area contributed by atoms with E-state index in [4.69, 9.17) is 13.0 Å². The van der Waals surface area contributed by atoms with Crippen LogP contribution in [0, 0.1) is 13.8 Å². The van der Waals surface area contributed by atoms with Crippen LogP contribution in [0.3, 0.4) is 0 Å². The molecule has 3 aromatic rings. The molecule has 0 amide bonds. The van der Waals surface area contributed by atoms with Crippen molar-refractivity contribution >= 4 is 48.2 Å². The maximum atomic E-state index is 13.2. The van der Waals surface area contributed by atoms with Crippen molar-refractivity contribution in [1.29, 1.82) is 0 Å². The molecule has 1 heterocycles. The predicted molar refractivity (Wildman–Crippen MR) is 100 cm³/mol. The summed E-state index contributed by atoms with van der Waals surface area (Å²) in [6.45, 7) is 3.72. The van der Waals surface area contributed by atoms with E-state index in [-0.39, 0.29) is 4.90 Å². The molecule has 0 N–H and O–H groups in total. The number of aryl methyl sites for hydroxylation is 1. The van der Waals surface area contributed by atoms with Gasteiger partial charge in [-0.3, -0.25) is 0 Å². The van der Waals surface area contributed by atoms with Crippen molar-refractivity contribution < 1.29 is 36.5 Å². The van der Waals surface area contributed by atoms with E-state index in [2.05, 4.69) is 15.9 Å². The van der Waals surface area contributed by atoms with E-state index >= 15 is 0 Å². The number of halogens is 2. The number of aromatic nitrogens is 1. The summed E-state index contributed by atoms with van der Waals surface area (Å²) < 4.78 is 35.0. The van der Waals surface area contributed by atoms with Crippen LogP contribution < -0.4 is 7.81 Å². The van der Waals surface area contributed by atoms with Crippen LogP contribution in [0.5, 0.6) is 5.75 Å². The summed E-state index contributed by atoms with van der Waals surface area (Å²) in [5.74, 6) is 0.731. The summed E-state index contributed by atoms with van der Waals surface area (Å²) >= 11 is 1.68. The summed E-state index contributed by atoms with van der Waals surface area (Å²) in [4.78, 5) is 0.262. The Bertz CT molecular complexity index is 1060. The number of rotatable bonds is 4. The molecule has 3 rings (SSSR count). The van der Waals surface area contributed by atoms with Crippen molar-refractivity contribution in [3.05, 3.63) is 52.1 Å². The average molecular weight is 629 g/mol. The molecule has 0 aliphatic carbocycles. The molecule has 0 spiro atoms. The minimum absolute atomic E-state index is 0.262. The van der Waals surface area contributed by atoms with E-state index in [0.717, 1.165) is 24.2 Å². The number of methoxy groups -OCH3 is 1. The van der Waals surface area contributed by atoms with Gasteiger partial charge >= 0.3 is 172 Å². The zero-order chi connectivity index (χ0) is 18.4. The molecule has 8 heteroatoms. The number of hydrogen-bond donors (Lipinski definition) is 0. The Morgan fingerprint density at radius 1 is 1.12 bits per heavy atom. The summed E-state index contributed by atoms with van der Waals surface area (Å²) in [7, 11) is 4.23. The fourth-order valence-corrected chi connectivity index (χ4v) is 12.0. The van der Waals surface area contributed by atoms with Gasteiger partial charge < -0.3 is 0 Å². The van der Waals surface area contributed by atoms with Crippen LogP contribution in [0.25, 0.3) is 10.9 Å². The van der Waals surface area contributed by atoms with Crippen LogP contribution in [-0.4, -0.2) is 19.5 Å². The van der Waals surface area contributed by atoms with Gasteiger partial charge in [-0.25, -0.2) is 0 Å². The molecule has 0 bridgehead atoms. The van der Waals surface area contributed by atoms with Gasteiger partial charge in [-0.15, -0.1) is 0 Å². The first-order valence-corrected chi connectivity index (χ1v) is 19.3. The Labute approximate surface area is 171 Å². The molecule has 0 atom stereocenters. The van der Waals surface area contributed by atoms with Crippen molar-refractivity contribution in [3.8, 4) is 5.75 Å². The molecule has 0 saturated heterocycles. The summed E-state index contributed by atoms with van der Waals surface area (Å²) in [5.41, 5.74) is 2.27. The molecular weight excluding hydrogens is 614 g/mol. The Hall–Kier alpha value is -0.565. The van der Waals surface area contributed by atoms with Gasteiger partial charge in [-0.2, -0.15) is 0 Å². The monoisotopic (exact) mass is 629 g/mol. The third-order valence-electron chi connectivity index (χ3n) is 4.22. The first-order chi connectivity index (χ1) is 11.8. The second kappa shape index (κ2) is 7.21. The fourth-order valence-electron chi connectivity index (χ4n) is 2.93. The summed E-state index contributed by atoms with van der Waals surface area (Å²) in [6, 6.07) is 10.4. The number of ether oxygens (including phenoxy) is 1. The predicted octanol–water partition coefficient (Wildman–Crippen LogP) is 4.13. The quantitative estimate of drug-likeness (QED) is 0.409. The summed E-state index contributed by atoms with van der Waals surface area (Å²) in [6.07, 6.45) is 0. The first-order valence-electron chi connectivity index (χ1n) is 7.57. The topological polar surface area (TPSA) is 48.3 Å².